The molecule has 0 saturated heterocycles. The number of benzene rings is 2. The Morgan fingerprint density at radius 3 is 2.46 bits per heavy atom. The molecule has 3 aromatic rings. The van der Waals surface area contributed by atoms with E-state index in [1.54, 1.807) is 6.92 Å². The second-order valence-corrected chi connectivity index (χ2v) is 5.92. The van der Waals surface area contributed by atoms with E-state index < -0.39 is 28.6 Å². The van der Waals surface area contributed by atoms with E-state index in [4.69, 9.17) is 0 Å². The fourth-order valence-corrected chi connectivity index (χ4v) is 2.74. The summed E-state index contributed by atoms with van der Waals surface area (Å²) in [4.78, 5) is 28.2. The van der Waals surface area contributed by atoms with Crippen LogP contribution in [0, 0.1) is 18.6 Å². The molecule has 0 saturated carbocycles. The number of phenols is 1. The van der Waals surface area contributed by atoms with Gasteiger partial charge < -0.3 is 10.1 Å². The number of halogens is 2. The number of aromatic hydroxyl groups is 1. The number of carbonyl (C=O) groups is 1. The number of aryl methyl sites for hydroxylation is 1. The molecule has 0 aliphatic carbocycles. The van der Waals surface area contributed by atoms with E-state index in [2.05, 4.69) is 4.98 Å². The van der Waals surface area contributed by atoms with Gasteiger partial charge in [0.15, 0.2) is 22.8 Å². The molecule has 132 valence electrons. The fraction of sp³-hybridized carbons (Fsp3) is 0.100. The van der Waals surface area contributed by atoms with Gasteiger partial charge in [-0.3, -0.25) is 9.59 Å². The zero-order chi connectivity index (χ0) is 18.8. The zero-order valence-corrected chi connectivity index (χ0v) is 13.8. The van der Waals surface area contributed by atoms with Gasteiger partial charge in [0.05, 0.1) is 5.56 Å². The predicted octanol–water partition coefficient (Wildman–Crippen LogP) is 3.76. The minimum atomic E-state index is -0.833. The molecule has 2 N–H and O–H groups in total. The van der Waals surface area contributed by atoms with Crippen LogP contribution in [0.4, 0.5) is 8.78 Å². The van der Waals surface area contributed by atoms with Crippen molar-refractivity contribution in [1.29, 1.82) is 0 Å². The zero-order valence-electron chi connectivity index (χ0n) is 13.8. The number of Topliss-reactive ketones (excluding diaryl/α,β-unsaturated/α-hetero) is 1. The van der Waals surface area contributed by atoms with Gasteiger partial charge in [-0.25, -0.2) is 8.78 Å². The van der Waals surface area contributed by atoms with Gasteiger partial charge in [0, 0.05) is 23.9 Å². The number of phenolic OH excluding ortho intramolecular Hbond substituents is 1. The molecule has 0 atom stereocenters. The lowest BCUT2D eigenvalue weighted by molar-refractivity contribution is 0.0991. The lowest BCUT2D eigenvalue weighted by atomic mass is 9.98. The van der Waals surface area contributed by atoms with Crippen LogP contribution < -0.4 is 5.43 Å². The van der Waals surface area contributed by atoms with Crippen LogP contribution in [0.3, 0.4) is 0 Å². The third-order valence-corrected chi connectivity index (χ3v) is 4.09. The number of ketones is 1. The van der Waals surface area contributed by atoms with Crippen LogP contribution in [0.25, 0.3) is 11.1 Å². The minimum absolute atomic E-state index is 0.0663. The third-order valence-electron chi connectivity index (χ3n) is 4.09. The van der Waals surface area contributed by atoms with Crippen molar-refractivity contribution in [3.63, 3.8) is 0 Å². The normalized spacial score (nSPS) is 10.7. The van der Waals surface area contributed by atoms with Gasteiger partial charge in [0.1, 0.15) is 5.82 Å². The molecule has 0 amide bonds. The Balaban J connectivity index is 1.99. The largest absolute Gasteiger partial charge is 0.505 e. The Bertz CT molecular complexity index is 1040. The molecule has 2 aromatic carbocycles. The van der Waals surface area contributed by atoms with E-state index >= 15 is 0 Å². The second kappa shape index (κ2) is 6.92. The Morgan fingerprint density at radius 1 is 1.12 bits per heavy atom. The molecule has 3 rings (SSSR count). The van der Waals surface area contributed by atoms with Crippen molar-refractivity contribution in [2.75, 3.05) is 0 Å². The highest BCUT2D eigenvalue weighted by molar-refractivity contribution is 5.98. The summed E-state index contributed by atoms with van der Waals surface area (Å²) in [5.74, 6) is -2.25. The van der Waals surface area contributed by atoms with Gasteiger partial charge in [-0.05, 0) is 42.3 Å². The summed E-state index contributed by atoms with van der Waals surface area (Å²) in [7, 11) is 0. The molecular weight excluding hydrogens is 340 g/mol. The molecule has 0 bridgehead atoms. The molecule has 0 spiro atoms. The minimum Gasteiger partial charge on any atom is -0.505 e. The molecule has 0 radical (unpaired) electrons. The SMILES string of the molecule is Cc1[nH]cc(C(=O)Cc2ccc(O)c(F)c2)c(=O)c1-c1ccc(F)cc1. The van der Waals surface area contributed by atoms with Gasteiger partial charge in [-0.2, -0.15) is 0 Å². The number of hydrogen-bond donors (Lipinski definition) is 2. The van der Waals surface area contributed by atoms with E-state index in [1.165, 1.54) is 36.5 Å². The van der Waals surface area contributed by atoms with Gasteiger partial charge in [0.2, 0.25) is 0 Å². The van der Waals surface area contributed by atoms with Crippen molar-refractivity contribution < 1.29 is 18.7 Å². The number of H-pyrrole nitrogens is 1. The van der Waals surface area contributed by atoms with Crippen LogP contribution in [0.2, 0.25) is 0 Å². The van der Waals surface area contributed by atoms with Crippen LogP contribution in [-0.2, 0) is 6.42 Å². The number of rotatable bonds is 4. The smallest absolute Gasteiger partial charge is 0.200 e. The Labute approximate surface area is 147 Å². The highest BCUT2D eigenvalue weighted by atomic mass is 19.1. The van der Waals surface area contributed by atoms with Crippen molar-refractivity contribution in [3.8, 4) is 16.9 Å². The standard InChI is InChI=1S/C20H15F2NO3/c1-11-19(13-3-5-14(21)6-4-13)20(26)15(10-23-11)18(25)9-12-2-7-17(24)16(22)8-12/h2-8,10,24H,9H2,1H3,(H,23,26). The Kier molecular flexibility index (Phi) is 4.67. The van der Waals surface area contributed by atoms with E-state index in [0.29, 0.717) is 16.8 Å². The number of nitrogens with one attached hydrogen (secondary N) is 1. The second-order valence-electron chi connectivity index (χ2n) is 5.92. The van der Waals surface area contributed by atoms with Gasteiger partial charge >= 0.3 is 0 Å². The quantitative estimate of drug-likeness (QED) is 0.700. The van der Waals surface area contributed by atoms with Crippen molar-refractivity contribution >= 4 is 5.78 Å². The van der Waals surface area contributed by atoms with Crippen LogP contribution in [0.15, 0.2) is 53.5 Å². The molecular formula is C20H15F2NO3. The monoisotopic (exact) mass is 355 g/mol. The van der Waals surface area contributed by atoms with Crippen LogP contribution in [0.5, 0.6) is 5.75 Å². The average Bonchev–Trinajstić information content (AvgIpc) is 2.60. The molecule has 6 heteroatoms. The van der Waals surface area contributed by atoms with Crippen molar-refractivity contribution in [2.45, 2.75) is 13.3 Å². The van der Waals surface area contributed by atoms with Crippen LogP contribution >= 0.6 is 0 Å². The first kappa shape index (κ1) is 17.5. The summed E-state index contributed by atoms with van der Waals surface area (Å²) in [5.41, 5.74) is 1.13. The third kappa shape index (κ3) is 3.39. The topological polar surface area (TPSA) is 70.2 Å². The van der Waals surface area contributed by atoms with Crippen LogP contribution in [-0.4, -0.2) is 15.9 Å². The number of aromatic nitrogens is 1. The summed E-state index contributed by atoms with van der Waals surface area (Å²) in [6, 6.07) is 9.04. The van der Waals surface area contributed by atoms with Crippen LogP contribution in [0.1, 0.15) is 21.6 Å². The number of aromatic amines is 1. The molecule has 4 nitrogen and oxygen atoms in total. The van der Waals surface area contributed by atoms with E-state index in [9.17, 15) is 23.5 Å². The molecule has 1 aromatic heterocycles. The average molecular weight is 355 g/mol. The summed E-state index contributed by atoms with van der Waals surface area (Å²) in [6.07, 6.45) is 1.13. The lowest BCUT2D eigenvalue weighted by Crippen LogP contribution is -2.20. The highest BCUT2D eigenvalue weighted by Crippen LogP contribution is 2.21. The number of carbonyl (C=O) groups excluding carboxylic acids is 1. The van der Waals surface area contributed by atoms with E-state index in [0.717, 1.165) is 12.1 Å². The molecule has 0 fully saturated rings. The van der Waals surface area contributed by atoms with Gasteiger partial charge in [0.25, 0.3) is 0 Å². The van der Waals surface area contributed by atoms with Crippen molar-refractivity contribution in [3.05, 3.63) is 87.3 Å². The van der Waals surface area contributed by atoms with E-state index in [1.807, 2.05) is 0 Å². The maximum Gasteiger partial charge on any atom is 0.200 e. The van der Waals surface area contributed by atoms with E-state index in [-0.39, 0.29) is 17.5 Å². The Morgan fingerprint density at radius 2 is 1.81 bits per heavy atom. The predicted molar refractivity (Wildman–Crippen MR) is 93.3 cm³/mol. The summed E-state index contributed by atoms with van der Waals surface area (Å²) < 4.78 is 26.5. The summed E-state index contributed by atoms with van der Waals surface area (Å²) in [6.45, 7) is 1.68. The van der Waals surface area contributed by atoms with Crippen molar-refractivity contribution in [1.82, 2.24) is 4.98 Å². The summed E-state index contributed by atoms with van der Waals surface area (Å²) in [5, 5.41) is 9.21. The first-order valence-corrected chi connectivity index (χ1v) is 7.85. The van der Waals surface area contributed by atoms with Gasteiger partial charge in [-0.1, -0.05) is 18.2 Å². The molecule has 1 heterocycles. The van der Waals surface area contributed by atoms with Crippen molar-refractivity contribution in [2.24, 2.45) is 0 Å². The molecule has 0 aliphatic rings. The number of hydrogen-bond acceptors (Lipinski definition) is 3. The maximum absolute atomic E-state index is 13.4. The molecule has 0 unspecified atom stereocenters. The fourth-order valence-electron chi connectivity index (χ4n) is 2.74. The van der Waals surface area contributed by atoms with Gasteiger partial charge in [-0.15, -0.1) is 0 Å². The highest BCUT2D eigenvalue weighted by Gasteiger charge is 2.17. The maximum atomic E-state index is 13.4. The number of pyridine rings is 1. The summed E-state index contributed by atoms with van der Waals surface area (Å²) >= 11 is 0. The first-order chi connectivity index (χ1) is 12.4. The Hall–Kier alpha value is -3.28. The first-order valence-electron chi connectivity index (χ1n) is 7.85. The lowest BCUT2D eigenvalue weighted by Gasteiger charge is -2.09. The molecule has 0 aliphatic heterocycles. The molecule has 26 heavy (non-hydrogen) atoms.